The molecule has 14 heteroatoms. The molecular weight excluding hydrogens is 463 g/mol. The van der Waals surface area contributed by atoms with Crippen LogP contribution in [-0.2, 0) is 9.84 Å². The minimum Gasteiger partial charge on any atom is -0.406 e. The number of carbonyl (C=O) groups is 1. The molecule has 162 valence electrons. The number of rotatable bonds is 6. The number of nitrogens with one attached hydrogen (secondary N) is 1. The standard InChI is InChI=1S/C17H10F3N3O6S2/c18-17(19,20)29-12-5-1-10(2-6-12)15(24)22-16-21-9-14(30-16)31(27,28)13-7-3-11(4-8-13)23(25)26/h1-9H,(H,21,22,24). The molecule has 0 aliphatic heterocycles. The van der Waals surface area contributed by atoms with Crippen LogP contribution in [0.25, 0.3) is 0 Å². The second kappa shape index (κ2) is 8.31. The Bertz CT molecular complexity index is 1220. The van der Waals surface area contributed by atoms with E-state index in [-0.39, 0.29) is 25.5 Å². The summed E-state index contributed by atoms with van der Waals surface area (Å²) >= 11 is 0.641. The molecule has 9 nitrogen and oxygen atoms in total. The van der Waals surface area contributed by atoms with Gasteiger partial charge < -0.3 is 4.74 Å². The van der Waals surface area contributed by atoms with Gasteiger partial charge in [-0.05, 0) is 36.4 Å². The SMILES string of the molecule is O=C(Nc1ncc(S(=O)(=O)c2ccc([N+](=O)[O-])cc2)s1)c1ccc(OC(F)(F)F)cc1. The zero-order valence-electron chi connectivity index (χ0n) is 15.0. The number of halogens is 3. The van der Waals surface area contributed by atoms with E-state index < -0.39 is 32.8 Å². The van der Waals surface area contributed by atoms with Crippen LogP contribution >= 0.6 is 11.3 Å². The average Bonchev–Trinajstić information content (AvgIpc) is 3.16. The molecule has 0 unspecified atom stereocenters. The van der Waals surface area contributed by atoms with Crippen molar-refractivity contribution in [1.82, 2.24) is 4.98 Å². The molecule has 0 fully saturated rings. The van der Waals surface area contributed by atoms with E-state index in [0.29, 0.717) is 11.3 Å². The summed E-state index contributed by atoms with van der Waals surface area (Å²) in [5.41, 5.74) is -0.285. The number of hydrogen-bond donors (Lipinski definition) is 1. The number of benzene rings is 2. The predicted octanol–water partition coefficient (Wildman–Crippen LogP) is 4.04. The van der Waals surface area contributed by atoms with E-state index in [9.17, 15) is 36.5 Å². The minimum atomic E-state index is -4.86. The van der Waals surface area contributed by atoms with Crippen molar-refractivity contribution in [2.45, 2.75) is 15.5 Å². The molecule has 3 aromatic rings. The van der Waals surface area contributed by atoms with Gasteiger partial charge in [-0.15, -0.1) is 13.2 Å². The Labute approximate surface area is 176 Å². The van der Waals surface area contributed by atoms with Gasteiger partial charge in [-0.1, -0.05) is 11.3 Å². The Hall–Kier alpha value is -3.52. The monoisotopic (exact) mass is 473 g/mol. The molecule has 31 heavy (non-hydrogen) atoms. The lowest BCUT2D eigenvalue weighted by Crippen LogP contribution is -2.17. The fraction of sp³-hybridized carbons (Fsp3) is 0.0588. The van der Waals surface area contributed by atoms with Gasteiger partial charge in [0.1, 0.15) is 9.96 Å². The third-order valence-corrected chi connectivity index (χ3v) is 6.82. The number of hydrogen-bond acceptors (Lipinski definition) is 8. The van der Waals surface area contributed by atoms with Crippen molar-refractivity contribution in [3.8, 4) is 5.75 Å². The van der Waals surface area contributed by atoms with Crippen molar-refractivity contribution in [1.29, 1.82) is 0 Å². The van der Waals surface area contributed by atoms with Gasteiger partial charge in [-0.3, -0.25) is 20.2 Å². The largest absolute Gasteiger partial charge is 0.573 e. The Balaban J connectivity index is 1.73. The summed E-state index contributed by atoms with van der Waals surface area (Å²) in [4.78, 5) is 25.9. The van der Waals surface area contributed by atoms with Crippen LogP contribution in [0.3, 0.4) is 0 Å². The normalized spacial score (nSPS) is 11.7. The van der Waals surface area contributed by atoms with Crippen molar-refractivity contribution in [2.75, 3.05) is 5.32 Å². The highest BCUT2D eigenvalue weighted by molar-refractivity contribution is 7.93. The first kappa shape index (κ1) is 22.2. The first-order valence-corrected chi connectivity index (χ1v) is 10.4. The number of nitrogens with zero attached hydrogens (tertiary/aromatic N) is 2. The van der Waals surface area contributed by atoms with Gasteiger partial charge in [-0.2, -0.15) is 0 Å². The maximum atomic E-state index is 12.6. The van der Waals surface area contributed by atoms with Crippen LogP contribution in [0.1, 0.15) is 10.4 Å². The lowest BCUT2D eigenvalue weighted by atomic mass is 10.2. The Morgan fingerprint density at radius 2 is 1.71 bits per heavy atom. The third kappa shape index (κ3) is 5.35. The molecule has 1 heterocycles. The van der Waals surface area contributed by atoms with Gasteiger partial charge in [0.15, 0.2) is 5.13 Å². The van der Waals surface area contributed by atoms with E-state index in [0.717, 1.165) is 54.7 Å². The van der Waals surface area contributed by atoms with Gasteiger partial charge in [-0.25, -0.2) is 13.4 Å². The number of sulfone groups is 1. The van der Waals surface area contributed by atoms with Crippen molar-refractivity contribution < 1.29 is 36.0 Å². The molecule has 0 bridgehead atoms. The highest BCUT2D eigenvalue weighted by Gasteiger charge is 2.31. The Morgan fingerprint density at radius 1 is 1.10 bits per heavy atom. The van der Waals surface area contributed by atoms with E-state index in [1.807, 2.05) is 0 Å². The molecule has 0 spiro atoms. The molecule has 0 atom stereocenters. The summed E-state index contributed by atoms with van der Waals surface area (Å²) in [5, 5.41) is 13.0. The summed E-state index contributed by atoms with van der Waals surface area (Å²) in [7, 11) is -4.02. The number of ether oxygens (including phenoxy) is 1. The maximum absolute atomic E-state index is 12.6. The number of nitro benzene ring substituents is 1. The predicted molar refractivity (Wildman–Crippen MR) is 102 cm³/mol. The molecule has 2 aromatic carbocycles. The molecule has 1 amide bonds. The number of alkyl halides is 3. The van der Waals surface area contributed by atoms with Crippen LogP contribution in [0.2, 0.25) is 0 Å². The van der Waals surface area contributed by atoms with Crippen LogP contribution in [0.15, 0.2) is 63.8 Å². The molecule has 0 aliphatic rings. The van der Waals surface area contributed by atoms with Crippen molar-refractivity contribution in [2.24, 2.45) is 0 Å². The summed E-state index contributed by atoms with van der Waals surface area (Å²) in [6.07, 6.45) is -3.85. The van der Waals surface area contributed by atoms with Crippen LogP contribution in [0, 0.1) is 10.1 Å². The lowest BCUT2D eigenvalue weighted by molar-refractivity contribution is -0.384. The van der Waals surface area contributed by atoms with Crippen LogP contribution in [-0.4, -0.2) is 30.6 Å². The number of nitro groups is 1. The summed E-state index contributed by atoms with van der Waals surface area (Å²) in [5.74, 6) is -1.23. The lowest BCUT2D eigenvalue weighted by Gasteiger charge is -2.09. The number of anilines is 1. The quantitative estimate of drug-likeness (QED) is 0.423. The summed E-state index contributed by atoms with van der Waals surface area (Å²) < 4.78 is 65.3. The topological polar surface area (TPSA) is 128 Å². The average molecular weight is 473 g/mol. The Morgan fingerprint density at radius 3 is 2.26 bits per heavy atom. The summed E-state index contributed by atoms with van der Waals surface area (Å²) in [6.45, 7) is 0. The number of carbonyl (C=O) groups excluding carboxylic acids is 1. The molecule has 1 N–H and O–H groups in total. The van der Waals surface area contributed by atoms with E-state index in [1.54, 1.807) is 0 Å². The molecule has 3 rings (SSSR count). The van der Waals surface area contributed by atoms with Crippen LogP contribution in [0.5, 0.6) is 5.75 Å². The number of aromatic nitrogens is 1. The van der Waals surface area contributed by atoms with Gasteiger partial charge in [0.05, 0.1) is 16.0 Å². The van der Waals surface area contributed by atoms with E-state index in [1.165, 1.54) is 0 Å². The Kier molecular flexibility index (Phi) is 5.94. The number of thiazole rings is 1. The highest BCUT2D eigenvalue weighted by Crippen LogP contribution is 2.30. The third-order valence-electron chi connectivity index (χ3n) is 3.68. The molecule has 0 saturated carbocycles. The summed E-state index contributed by atoms with van der Waals surface area (Å²) in [6, 6.07) is 8.35. The highest BCUT2D eigenvalue weighted by atomic mass is 32.2. The molecular formula is C17H10F3N3O6S2. The van der Waals surface area contributed by atoms with E-state index >= 15 is 0 Å². The van der Waals surface area contributed by atoms with Gasteiger partial charge in [0.2, 0.25) is 9.84 Å². The zero-order valence-corrected chi connectivity index (χ0v) is 16.6. The van der Waals surface area contributed by atoms with Gasteiger partial charge >= 0.3 is 6.36 Å². The first-order chi connectivity index (χ1) is 14.5. The maximum Gasteiger partial charge on any atom is 0.573 e. The second-order valence-electron chi connectivity index (χ2n) is 5.77. The fourth-order valence-corrected chi connectivity index (χ4v) is 4.71. The fourth-order valence-electron chi connectivity index (χ4n) is 2.28. The zero-order chi connectivity index (χ0) is 22.8. The van der Waals surface area contributed by atoms with E-state index in [2.05, 4.69) is 15.0 Å². The van der Waals surface area contributed by atoms with Crippen molar-refractivity contribution in [3.63, 3.8) is 0 Å². The number of amides is 1. The molecule has 0 aliphatic carbocycles. The first-order valence-electron chi connectivity index (χ1n) is 8.08. The van der Waals surface area contributed by atoms with Gasteiger partial charge in [0.25, 0.3) is 11.6 Å². The molecule has 1 aromatic heterocycles. The van der Waals surface area contributed by atoms with Crippen molar-refractivity contribution >= 4 is 37.9 Å². The van der Waals surface area contributed by atoms with Gasteiger partial charge in [0, 0.05) is 17.7 Å². The number of non-ortho nitro benzene ring substituents is 1. The van der Waals surface area contributed by atoms with Crippen LogP contribution in [0.4, 0.5) is 24.0 Å². The van der Waals surface area contributed by atoms with E-state index in [4.69, 9.17) is 0 Å². The van der Waals surface area contributed by atoms with Crippen molar-refractivity contribution in [3.05, 3.63) is 70.4 Å². The van der Waals surface area contributed by atoms with Crippen LogP contribution < -0.4 is 10.1 Å². The molecule has 0 radical (unpaired) electrons. The molecule has 0 saturated heterocycles. The minimum absolute atomic E-state index is 0.00972. The second-order valence-corrected chi connectivity index (χ2v) is 8.97. The smallest absolute Gasteiger partial charge is 0.406 e.